The molecule has 0 bridgehead atoms. The third kappa shape index (κ3) is 5.16. The second kappa shape index (κ2) is 8.97. The van der Waals surface area contributed by atoms with E-state index in [-0.39, 0.29) is 0 Å². The van der Waals surface area contributed by atoms with Crippen molar-refractivity contribution < 1.29 is 0 Å². The lowest BCUT2D eigenvalue weighted by Gasteiger charge is -2.11. The van der Waals surface area contributed by atoms with Crippen LogP contribution in [0.2, 0.25) is 0 Å². The van der Waals surface area contributed by atoms with Gasteiger partial charge in [-0.05, 0) is 102 Å². The van der Waals surface area contributed by atoms with E-state index in [9.17, 15) is 0 Å². The zero-order valence-electron chi connectivity index (χ0n) is 20.3. The molecule has 0 spiro atoms. The summed E-state index contributed by atoms with van der Waals surface area (Å²) in [4.78, 5) is 14.8. The Morgan fingerprint density at radius 1 is 0.516 bits per heavy atom. The van der Waals surface area contributed by atoms with Gasteiger partial charge in [-0.3, -0.25) is 9.98 Å². The highest BCUT2D eigenvalue weighted by molar-refractivity contribution is 6.03. The monoisotopic (exact) mass is 411 g/mol. The summed E-state index contributed by atoms with van der Waals surface area (Å²) in [6, 6.07) is 12.9. The summed E-state index contributed by atoms with van der Waals surface area (Å²) in [5.41, 5.74) is 14.1. The topological polar surface area (TPSA) is 37.6 Å². The molecule has 0 aliphatic carbocycles. The van der Waals surface area contributed by atoms with Gasteiger partial charge < -0.3 is 0 Å². The molecule has 0 amide bonds. The Bertz CT molecular complexity index is 1080. The van der Waals surface area contributed by atoms with Gasteiger partial charge in [0.2, 0.25) is 0 Å². The maximum Gasteiger partial charge on any atom is 0.0852 e. The van der Waals surface area contributed by atoms with Crippen LogP contribution in [0.4, 0.5) is 11.4 Å². The van der Waals surface area contributed by atoms with E-state index in [1.165, 1.54) is 33.4 Å². The van der Waals surface area contributed by atoms with Crippen molar-refractivity contribution >= 4 is 22.8 Å². The second-order valence-electron chi connectivity index (χ2n) is 8.80. The number of nitrogens with zero attached hydrogens (tertiary/aromatic N) is 3. The van der Waals surface area contributed by atoms with Gasteiger partial charge in [-0.1, -0.05) is 35.4 Å². The van der Waals surface area contributed by atoms with E-state index in [1.54, 1.807) is 0 Å². The van der Waals surface area contributed by atoms with Crippen molar-refractivity contribution in [2.45, 2.75) is 62.3 Å². The van der Waals surface area contributed by atoms with Gasteiger partial charge in [0.05, 0.1) is 34.2 Å². The molecule has 3 rings (SSSR count). The molecular weight excluding hydrogens is 378 g/mol. The Balaban J connectivity index is 2.05. The average molecular weight is 412 g/mol. The van der Waals surface area contributed by atoms with Crippen LogP contribution in [-0.2, 0) is 0 Å². The molecule has 0 N–H and O–H groups in total. The molecule has 0 fully saturated rings. The van der Waals surface area contributed by atoms with E-state index in [4.69, 9.17) is 15.0 Å². The van der Waals surface area contributed by atoms with E-state index in [0.29, 0.717) is 0 Å². The number of rotatable bonds is 4. The van der Waals surface area contributed by atoms with Crippen LogP contribution in [-0.4, -0.2) is 16.4 Å². The lowest BCUT2D eigenvalue weighted by molar-refractivity contribution is 1.20. The highest BCUT2D eigenvalue weighted by Gasteiger charge is 2.10. The molecule has 0 saturated carbocycles. The first-order chi connectivity index (χ1) is 14.5. The maximum absolute atomic E-state index is 4.95. The zero-order valence-corrected chi connectivity index (χ0v) is 20.3. The summed E-state index contributed by atoms with van der Waals surface area (Å²) >= 11 is 0. The van der Waals surface area contributed by atoms with Crippen LogP contribution in [0.1, 0.15) is 64.2 Å². The van der Waals surface area contributed by atoms with Crippen molar-refractivity contribution in [2.24, 2.45) is 9.98 Å². The first-order valence-corrected chi connectivity index (χ1v) is 10.8. The van der Waals surface area contributed by atoms with Gasteiger partial charge in [0.1, 0.15) is 0 Å². The van der Waals surface area contributed by atoms with Gasteiger partial charge in [0.15, 0.2) is 0 Å². The molecule has 0 unspecified atom stereocenters. The van der Waals surface area contributed by atoms with E-state index < -0.39 is 0 Å². The minimum atomic E-state index is 0.890. The lowest BCUT2D eigenvalue weighted by Crippen LogP contribution is -2.07. The van der Waals surface area contributed by atoms with E-state index >= 15 is 0 Å². The van der Waals surface area contributed by atoms with Gasteiger partial charge >= 0.3 is 0 Å². The molecule has 3 nitrogen and oxygen atoms in total. The van der Waals surface area contributed by atoms with Crippen molar-refractivity contribution in [1.29, 1.82) is 0 Å². The fourth-order valence-electron chi connectivity index (χ4n) is 4.19. The third-order valence-corrected chi connectivity index (χ3v) is 5.54. The summed E-state index contributed by atoms with van der Waals surface area (Å²) in [6.45, 7) is 18.9. The predicted octanol–water partition coefficient (Wildman–Crippen LogP) is 7.52. The SMILES string of the molecule is CC(=Nc1c(C)cc(C)cc1C)c1cc(C)cc(C(C)=Nc2c(C)cc(C)cc2C)n1. The third-order valence-electron chi connectivity index (χ3n) is 5.54. The van der Waals surface area contributed by atoms with Crippen LogP contribution >= 0.6 is 0 Å². The van der Waals surface area contributed by atoms with Crippen LogP contribution in [0, 0.1) is 48.5 Å². The Hall–Kier alpha value is -3.07. The van der Waals surface area contributed by atoms with Crippen molar-refractivity contribution in [3.8, 4) is 0 Å². The van der Waals surface area contributed by atoms with Gasteiger partial charge in [-0.25, -0.2) is 4.98 Å². The Kier molecular flexibility index (Phi) is 6.54. The van der Waals surface area contributed by atoms with Gasteiger partial charge in [-0.15, -0.1) is 0 Å². The highest BCUT2D eigenvalue weighted by atomic mass is 14.8. The molecule has 1 aromatic heterocycles. The molecule has 0 atom stereocenters. The molecule has 0 aliphatic rings. The van der Waals surface area contributed by atoms with Crippen LogP contribution in [0.3, 0.4) is 0 Å². The number of hydrogen-bond acceptors (Lipinski definition) is 3. The molecule has 3 aromatic rings. The largest absolute Gasteiger partial charge is 0.251 e. The van der Waals surface area contributed by atoms with E-state index in [2.05, 4.69) is 84.9 Å². The summed E-state index contributed by atoms with van der Waals surface area (Å²) in [6.07, 6.45) is 0. The van der Waals surface area contributed by atoms with Crippen LogP contribution in [0.25, 0.3) is 0 Å². The minimum Gasteiger partial charge on any atom is -0.251 e. The second-order valence-corrected chi connectivity index (χ2v) is 8.80. The van der Waals surface area contributed by atoms with E-state index in [1.807, 2.05) is 13.8 Å². The van der Waals surface area contributed by atoms with E-state index in [0.717, 1.165) is 39.7 Å². The van der Waals surface area contributed by atoms with Crippen molar-refractivity contribution in [3.63, 3.8) is 0 Å². The minimum absolute atomic E-state index is 0.890. The molecule has 0 saturated heterocycles. The maximum atomic E-state index is 4.95. The summed E-state index contributed by atoms with van der Waals surface area (Å²) in [7, 11) is 0. The average Bonchev–Trinajstić information content (AvgIpc) is 2.66. The predicted molar refractivity (Wildman–Crippen MR) is 134 cm³/mol. The highest BCUT2D eigenvalue weighted by Crippen LogP contribution is 2.27. The van der Waals surface area contributed by atoms with Gasteiger partial charge in [-0.2, -0.15) is 0 Å². The molecule has 2 aromatic carbocycles. The van der Waals surface area contributed by atoms with Crippen LogP contribution in [0.15, 0.2) is 46.4 Å². The quantitative estimate of drug-likeness (QED) is 0.409. The zero-order chi connectivity index (χ0) is 22.9. The van der Waals surface area contributed by atoms with Crippen LogP contribution < -0.4 is 0 Å². The molecule has 0 aliphatic heterocycles. The molecule has 0 radical (unpaired) electrons. The van der Waals surface area contributed by atoms with Crippen molar-refractivity contribution in [3.05, 3.63) is 86.7 Å². The van der Waals surface area contributed by atoms with Gasteiger partial charge in [0.25, 0.3) is 0 Å². The number of aryl methyl sites for hydroxylation is 7. The van der Waals surface area contributed by atoms with Crippen molar-refractivity contribution in [1.82, 2.24) is 4.98 Å². The Morgan fingerprint density at radius 2 is 0.806 bits per heavy atom. The molecule has 31 heavy (non-hydrogen) atoms. The number of pyridine rings is 1. The van der Waals surface area contributed by atoms with Gasteiger partial charge in [0, 0.05) is 0 Å². The molecule has 3 heteroatoms. The van der Waals surface area contributed by atoms with Crippen LogP contribution in [0.5, 0.6) is 0 Å². The Morgan fingerprint density at radius 3 is 1.13 bits per heavy atom. The molecular formula is C28H33N3. The summed E-state index contributed by atoms with van der Waals surface area (Å²) in [5, 5.41) is 0. The molecule has 1 heterocycles. The first-order valence-electron chi connectivity index (χ1n) is 10.8. The normalized spacial score (nSPS) is 12.4. The summed E-state index contributed by atoms with van der Waals surface area (Å²) in [5.74, 6) is 0. The number of aliphatic imine (C=N–C) groups is 2. The fourth-order valence-corrected chi connectivity index (χ4v) is 4.19. The number of aromatic nitrogens is 1. The first kappa shape index (κ1) is 22.6. The Labute approximate surface area is 187 Å². The molecule has 160 valence electrons. The summed E-state index contributed by atoms with van der Waals surface area (Å²) < 4.78 is 0. The number of benzene rings is 2. The number of hydrogen-bond donors (Lipinski definition) is 0. The lowest BCUT2D eigenvalue weighted by atomic mass is 10.0. The fraction of sp³-hybridized carbons (Fsp3) is 0.321. The standard InChI is InChI=1S/C28H33N3/c1-16-10-19(4)27(20(5)11-16)29-23(8)25-14-18(3)15-26(31-25)24(9)30-28-21(6)12-17(2)13-22(28)7/h10-15H,1-9H3. The smallest absolute Gasteiger partial charge is 0.0852 e. The van der Waals surface area contributed by atoms with Crippen molar-refractivity contribution in [2.75, 3.05) is 0 Å².